The predicted molar refractivity (Wildman–Crippen MR) is 100 cm³/mol. The topological polar surface area (TPSA) is 73.2 Å². The zero-order valence-corrected chi connectivity index (χ0v) is 16.2. The molecule has 2 atom stereocenters. The summed E-state index contributed by atoms with van der Waals surface area (Å²) in [6.45, 7) is 6.01. The number of aryl methyl sites for hydroxylation is 1. The average molecular weight is 378 g/mol. The van der Waals surface area contributed by atoms with E-state index in [1.165, 1.54) is 7.11 Å². The summed E-state index contributed by atoms with van der Waals surface area (Å²) in [5, 5.41) is 7.36. The van der Waals surface area contributed by atoms with Crippen LogP contribution in [0.1, 0.15) is 41.9 Å². The van der Waals surface area contributed by atoms with Crippen molar-refractivity contribution in [2.75, 3.05) is 7.11 Å². The molecule has 2 rings (SSSR count). The second-order valence-electron chi connectivity index (χ2n) is 6.25. The van der Waals surface area contributed by atoms with E-state index in [1.807, 2.05) is 44.2 Å². The number of nitrogens with zero attached hydrogens (tertiary/aromatic N) is 2. The Hall–Kier alpha value is -2.34. The summed E-state index contributed by atoms with van der Waals surface area (Å²) in [5.74, 6) is -0.967. The molecule has 0 radical (unpaired) electrons. The van der Waals surface area contributed by atoms with Gasteiger partial charge in [0, 0.05) is 0 Å². The summed E-state index contributed by atoms with van der Waals surface area (Å²) in [6.07, 6.45) is 0.722. The minimum atomic E-state index is -0.731. The number of nitrogens with one attached hydrogen (secondary N) is 1. The first-order valence-corrected chi connectivity index (χ1v) is 8.92. The van der Waals surface area contributed by atoms with Gasteiger partial charge in [0.05, 0.1) is 24.9 Å². The highest BCUT2D eigenvalue weighted by atomic mass is 35.5. The van der Waals surface area contributed by atoms with E-state index in [0.717, 1.165) is 12.0 Å². The van der Waals surface area contributed by atoms with Crippen molar-refractivity contribution in [3.8, 4) is 0 Å². The van der Waals surface area contributed by atoms with Gasteiger partial charge in [-0.2, -0.15) is 5.10 Å². The van der Waals surface area contributed by atoms with Gasteiger partial charge < -0.3 is 10.1 Å². The van der Waals surface area contributed by atoms with E-state index in [4.69, 9.17) is 16.3 Å². The zero-order valence-electron chi connectivity index (χ0n) is 15.5. The van der Waals surface area contributed by atoms with Crippen LogP contribution in [-0.2, 0) is 16.1 Å². The highest BCUT2D eigenvalue weighted by Gasteiger charge is 2.29. The van der Waals surface area contributed by atoms with Crippen LogP contribution in [0.3, 0.4) is 0 Å². The maximum Gasteiger partial charge on any atom is 0.328 e. The van der Waals surface area contributed by atoms with Crippen molar-refractivity contribution in [2.24, 2.45) is 5.92 Å². The lowest BCUT2D eigenvalue weighted by Crippen LogP contribution is -2.45. The van der Waals surface area contributed by atoms with Gasteiger partial charge in [0.15, 0.2) is 0 Å². The Kier molecular flexibility index (Phi) is 6.80. The summed E-state index contributed by atoms with van der Waals surface area (Å²) >= 11 is 6.41. The van der Waals surface area contributed by atoms with Crippen LogP contribution in [0, 0.1) is 12.8 Å². The number of hydrogen-bond acceptors (Lipinski definition) is 4. The highest BCUT2D eigenvalue weighted by molar-refractivity contribution is 6.33. The number of benzene rings is 1. The Morgan fingerprint density at radius 2 is 1.96 bits per heavy atom. The first-order valence-electron chi connectivity index (χ1n) is 8.54. The van der Waals surface area contributed by atoms with Gasteiger partial charge in [0.1, 0.15) is 11.2 Å². The van der Waals surface area contributed by atoms with Gasteiger partial charge in [0.2, 0.25) is 0 Å². The van der Waals surface area contributed by atoms with Crippen LogP contribution in [0.15, 0.2) is 30.3 Å². The molecule has 6 nitrogen and oxygen atoms in total. The van der Waals surface area contributed by atoms with E-state index < -0.39 is 17.9 Å². The number of carbonyl (C=O) groups is 2. The van der Waals surface area contributed by atoms with Crippen molar-refractivity contribution in [3.63, 3.8) is 0 Å². The number of methoxy groups -OCH3 is 1. The van der Waals surface area contributed by atoms with Crippen molar-refractivity contribution in [1.82, 2.24) is 15.1 Å². The molecule has 0 aliphatic rings. The first-order chi connectivity index (χ1) is 12.4. The monoisotopic (exact) mass is 377 g/mol. The molecule has 1 aromatic heterocycles. The summed E-state index contributed by atoms with van der Waals surface area (Å²) in [4.78, 5) is 24.8. The average Bonchev–Trinajstić information content (AvgIpc) is 2.92. The Labute approximate surface area is 158 Å². The van der Waals surface area contributed by atoms with Crippen LogP contribution < -0.4 is 5.32 Å². The lowest BCUT2D eigenvalue weighted by molar-refractivity contribution is -0.144. The molecule has 1 aromatic carbocycles. The minimum Gasteiger partial charge on any atom is -0.467 e. The molecule has 0 aliphatic carbocycles. The molecule has 26 heavy (non-hydrogen) atoms. The molecule has 0 saturated heterocycles. The van der Waals surface area contributed by atoms with Crippen LogP contribution in [0.2, 0.25) is 5.15 Å². The molecule has 2 aromatic rings. The van der Waals surface area contributed by atoms with Crippen molar-refractivity contribution in [1.29, 1.82) is 0 Å². The number of halogens is 1. The van der Waals surface area contributed by atoms with Crippen molar-refractivity contribution >= 4 is 23.5 Å². The van der Waals surface area contributed by atoms with Gasteiger partial charge in [-0.1, -0.05) is 62.2 Å². The lowest BCUT2D eigenvalue weighted by Gasteiger charge is -2.21. The van der Waals surface area contributed by atoms with E-state index in [9.17, 15) is 9.59 Å². The molecule has 1 amide bonds. The SMILES string of the molecule is CCC(C)C(NC(=O)c1c(C)nn(Cc2ccccc2)c1Cl)C(=O)OC. The van der Waals surface area contributed by atoms with Crippen LogP contribution >= 0.6 is 11.6 Å². The number of amides is 1. The number of carbonyl (C=O) groups excluding carboxylic acids is 2. The summed E-state index contributed by atoms with van der Waals surface area (Å²) in [7, 11) is 1.31. The summed E-state index contributed by atoms with van der Waals surface area (Å²) in [5.41, 5.74) is 1.81. The standard InChI is InChI=1S/C19H24ClN3O3/c1-5-12(2)16(19(25)26-4)21-18(24)15-13(3)22-23(17(15)20)11-14-9-7-6-8-10-14/h6-10,12,16H,5,11H2,1-4H3,(H,21,24). The van der Waals surface area contributed by atoms with E-state index >= 15 is 0 Å². The van der Waals surface area contributed by atoms with Crippen LogP contribution in [-0.4, -0.2) is 34.8 Å². The molecule has 0 fully saturated rings. The van der Waals surface area contributed by atoms with E-state index in [0.29, 0.717) is 12.2 Å². The van der Waals surface area contributed by atoms with Gasteiger partial charge in [-0.25, -0.2) is 9.48 Å². The quantitative estimate of drug-likeness (QED) is 0.752. The maximum atomic E-state index is 12.7. The molecule has 0 aliphatic heterocycles. The fourth-order valence-electron chi connectivity index (χ4n) is 2.68. The van der Waals surface area contributed by atoms with Gasteiger partial charge in [-0.05, 0) is 18.4 Å². The highest BCUT2D eigenvalue weighted by Crippen LogP contribution is 2.22. The second-order valence-corrected chi connectivity index (χ2v) is 6.61. The minimum absolute atomic E-state index is 0.0650. The van der Waals surface area contributed by atoms with E-state index in [2.05, 4.69) is 10.4 Å². The molecular formula is C19H24ClN3O3. The van der Waals surface area contributed by atoms with Gasteiger partial charge in [-0.3, -0.25) is 4.79 Å². The number of esters is 1. The lowest BCUT2D eigenvalue weighted by atomic mass is 9.99. The fraction of sp³-hybridized carbons (Fsp3) is 0.421. The molecule has 7 heteroatoms. The van der Waals surface area contributed by atoms with Crippen LogP contribution in [0.5, 0.6) is 0 Å². The molecule has 0 saturated carbocycles. The van der Waals surface area contributed by atoms with Crippen molar-refractivity contribution in [3.05, 3.63) is 52.3 Å². The maximum absolute atomic E-state index is 12.7. The Bertz CT molecular complexity index is 774. The van der Waals surface area contributed by atoms with Crippen molar-refractivity contribution in [2.45, 2.75) is 39.8 Å². The summed E-state index contributed by atoms with van der Waals surface area (Å²) in [6, 6.07) is 8.98. The Balaban J connectivity index is 2.24. The van der Waals surface area contributed by atoms with Gasteiger partial charge in [-0.15, -0.1) is 0 Å². The Morgan fingerprint density at radius 3 is 2.54 bits per heavy atom. The molecule has 0 bridgehead atoms. The third kappa shape index (κ3) is 4.43. The largest absolute Gasteiger partial charge is 0.467 e. The molecule has 1 heterocycles. The first kappa shape index (κ1) is 20.0. The molecular weight excluding hydrogens is 354 g/mol. The van der Waals surface area contributed by atoms with Gasteiger partial charge in [0.25, 0.3) is 5.91 Å². The van der Waals surface area contributed by atoms with Crippen LogP contribution in [0.25, 0.3) is 0 Å². The third-order valence-corrected chi connectivity index (χ3v) is 4.81. The Morgan fingerprint density at radius 1 is 1.31 bits per heavy atom. The molecule has 140 valence electrons. The normalized spacial score (nSPS) is 13.1. The van der Waals surface area contributed by atoms with Gasteiger partial charge >= 0.3 is 5.97 Å². The number of rotatable bonds is 7. The molecule has 1 N–H and O–H groups in total. The fourth-order valence-corrected chi connectivity index (χ4v) is 3.00. The summed E-state index contributed by atoms with van der Waals surface area (Å²) < 4.78 is 6.39. The van der Waals surface area contributed by atoms with E-state index in [1.54, 1.807) is 11.6 Å². The number of aromatic nitrogens is 2. The smallest absolute Gasteiger partial charge is 0.328 e. The van der Waals surface area contributed by atoms with E-state index in [-0.39, 0.29) is 16.6 Å². The predicted octanol–water partition coefficient (Wildman–Crippen LogP) is 3.21. The van der Waals surface area contributed by atoms with Crippen molar-refractivity contribution < 1.29 is 14.3 Å². The third-order valence-electron chi connectivity index (χ3n) is 4.42. The molecule has 2 unspecified atom stereocenters. The number of ether oxygens (including phenoxy) is 1. The molecule has 0 spiro atoms. The second kappa shape index (κ2) is 8.85. The number of hydrogen-bond donors (Lipinski definition) is 1. The van der Waals surface area contributed by atoms with Crippen LogP contribution in [0.4, 0.5) is 0 Å². The zero-order chi connectivity index (χ0) is 19.3.